The van der Waals surface area contributed by atoms with Crippen LogP contribution in [0.3, 0.4) is 0 Å². The van der Waals surface area contributed by atoms with E-state index in [-0.39, 0.29) is 6.47 Å². The summed E-state index contributed by atoms with van der Waals surface area (Å²) in [6.07, 6.45) is 0.850. The third-order valence-electron chi connectivity index (χ3n) is 1.29. The first-order valence-electron chi connectivity index (χ1n) is 4.95. The van der Waals surface area contributed by atoms with Gasteiger partial charge in [-0.15, -0.1) is 0 Å². The highest BCUT2D eigenvalue weighted by Crippen LogP contribution is 2.07. The van der Waals surface area contributed by atoms with Crippen LogP contribution in [-0.2, 0) is 28.6 Å². The Morgan fingerprint density at radius 2 is 1.65 bits per heavy atom. The van der Waals surface area contributed by atoms with Gasteiger partial charge in [0.05, 0.1) is 0 Å². The Hall–Kier alpha value is -1.85. The van der Waals surface area contributed by atoms with Crippen molar-refractivity contribution in [2.45, 2.75) is 39.6 Å². The molecule has 96 valence electrons. The highest BCUT2D eigenvalue weighted by Gasteiger charge is 2.14. The van der Waals surface area contributed by atoms with Crippen LogP contribution in [0.5, 0.6) is 0 Å². The normalized spacial score (nSPS) is 12.9. The summed E-state index contributed by atoms with van der Waals surface area (Å²) in [5, 5.41) is 0. The van der Waals surface area contributed by atoms with Crippen molar-refractivity contribution in [1.82, 2.24) is 0 Å². The maximum Gasteiger partial charge on any atom is 0.334 e. The first kappa shape index (κ1) is 15.2. The molecule has 1 unspecified atom stereocenters. The summed E-state index contributed by atoms with van der Waals surface area (Å²) in [5.41, 5.74) is -0.626. The van der Waals surface area contributed by atoms with E-state index in [1.165, 1.54) is 6.92 Å². The largest absolute Gasteiger partial charge is 0.457 e. The molecule has 0 saturated heterocycles. The number of carbonyl (C=O) groups excluding carboxylic acids is 3. The fraction of sp³-hybridized carbons (Fsp3) is 0.545. The molecule has 0 aliphatic rings. The Balaban J connectivity index is 4.11. The molecule has 6 nitrogen and oxygen atoms in total. The van der Waals surface area contributed by atoms with E-state index in [9.17, 15) is 14.4 Å². The van der Waals surface area contributed by atoms with E-state index < -0.39 is 23.8 Å². The SMILES string of the molecule is CC(OC=O)OC(=O)C=CC(=O)OC(C)(C)C. The minimum Gasteiger partial charge on any atom is -0.457 e. The van der Waals surface area contributed by atoms with Crippen molar-refractivity contribution in [3.8, 4) is 0 Å². The number of carbonyl (C=O) groups is 3. The Labute approximate surface area is 99.5 Å². The van der Waals surface area contributed by atoms with Crippen molar-refractivity contribution < 1.29 is 28.6 Å². The van der Waals surface area contributed by atoms with E-state index in [0.29, 0.717) is 0 Å². The average molecular weight is 244 g/mol. The van der Waals surface area contributed by atoms with Crippen molar-refractivity contribution in [2.75, 3.05) is 0 Å². The molecule has 0 saturated carbocycles. The molecule has 0 bridgehead atoms. The van der Waals surface area contributed by atoms with Crippen molar-refractivity contribution in [3.05, 3.63) is 12.2 Å². The zero-order valence-corrected chi connectivity index (χ0v) is 10.3. The van der Waals surface area contributed by atoms with Gasteiger partial charge in [0.15, 0.2) is 0 Å². The van der Waals surface area contributed by atoms with Gasteiger partial charge >= 0.3 is 11.9 Å². The number of rotatable bonds is 5. The molecule has 0 rings (SSSR count). The fourth-order valence-corrected chi connectivity index (χ4v) is 0.781. The third kappa shape index (κ3) is 9.10. The van der Waals surface area contributed by atoms with E-state index >= 15 is 0 Å². The number of hydrogen-bond acceptors (Lipinski definition) is 6. The van der Waals surface area contributed by atoms with E-state index in [0.717, 1.165) is 12.2 Å². The van der Waals surface area contributed by atoms with Gasteiger partial charge in [-0.2, -0.15) is 0 Å². The molecule has 0 aromatic carbocycles. The van der Waals surface area contributed by atoms with Gasteiger partial charge in [-0.1, -0.05) is 0 Å². The number of ether oxygens (including phenoxy) is 3. The maximum absolute atomic E-state index is 11.2. The van der Waals surface area contributed by atoms with Crippen LogP contribution in [0.1, 0.15) is 27.7 Å². The molecule has 0 aliphatic carbocycles. The Kier molecular flexibility index (Phi) is 5.95. The summed E-state index contributed by atoms with van der Waals surface area (Å²) in [4.78, 5) is 32.2. The molecule has 0 aromatic rings. The molecule has 0 fully saturated rings. The lowest BCUT2D eigenvalue weighted by Gasteiger charge is -2.17. The minimum atomic E-state index is -0.997. The topological polar surface area (TPSA) is 78.9 Å². The molecule has 1 atom stereocenters. The molecule has 6 heteroatoms. The molecule has 0 spiro atoms. The fourth-order valence-electron chi connectivity index (χ4n) is 0.781. The van der Waals surface area contributed by atoms with Gasteiger partial charge < -0.3 is 14.2 Å². The highest BCUT2D eigenvalue weighted by atomic mass is 16.7. The smallest absolute Gasteiger partial charge is 0.334 e. The minimum absolute atomic E-state index is 0.162. The van der Waals surface area contributed by atoms with Crippen LogP contribution in [0, 0.1) is 0 Å². The molecule has 0 aliphatic heterocycles. The summed E-state index contributed by atoms with van der Waals surface area (Å²) in [5.74, 6) is -1.45. The zero-order chi connectivity index (χ0) is 13.5. The first-order valence-corrected chi connectivity index (χ1v) is 4.95. The van der Waals surface area contributed by atoms with E-state index in [1.807, 2.05) is 0 Å². The second kappa shape index (κ2) is 6.67. The zero-order valence-electron chi connectivity index (χ0n) is 10.3. The molecule has 0 N–H and O–H groups in total. The molecule has 17 heavy (non-hydrogen) atoms. The van der Waals surface area contributed by atoms with Crippen LogP contribution in [0.4, 0.5) is 0 Å². The summed E-state index contributed by atoms with van der Waals surface area (Å²) < 4.78 is 13.8. The van der Waals surface area contributed by atoms with Gasteiger partial charge in [-0.3, -0.25) is 4.79 Å². The van der Waals surface area contributed by atoms with Gasteiger partial charge in [0.25, 0.3) is 6.47 Å². The van der Waals surface area contributed by atoms with Gasteiger partial charge in [-0.25, -0.2) is 9.59 Å². The lowest BCUT2D eigenvalue weighted by Crippen LogP contribution is -2.23. The van der Waals surface area contributed by atoms with Crippen molar-refractivity contribution in [1.29, 1.82) is 0 Å². The molecule has 0 radical (unpaired) electrons. The Bertz CT molecular complexity index is 312. The quantitative estimate of drug-likeness (QED) is 0.310. The molecule has 0 aromatic heterocycles. The average Bonchev–Trinajstić information content (AvgIpc) is 2.12. The van der Waals surface area contributed by atoms with Crippen LogP contribution in [0.15, 0.2) is 12.2 Å². The van der Waals surface area contributed by atoms with Gasteiger partial charge in [0.2, 0.25) is 6.29 Å². The number of hydrogen-bond donors (Lipinski definition) is 0. The Morgan fingerprint density at radius 3 is 2.12 bits per heavy atom. The van der Waals surface area contributed by atoms with E-state index in [1.54, 1.807) is 20.8 Å². The third-order valence-corrected chi connectivity index (χ3v) is 1.29. The van der Waals surface area contributed by atoms with Crippen molar-refractivity contribution >= 4 is 18.4 Å². The lowest BCUT2D eigenvalue weighted by molar-refractivity contribution is -0.172. The highest BCUT2D eigenvalue weighted by molar-refractivity contribution is 5.91. The lowest BCUT2D eigenvalue weighted by atomic mass is 10.2. The van der Waals surface area contributed by atoms with Crippen LogP contribution < -0.4 is 0 Å². The van der Waals surface area contributed by atoms with Gasteiger partial charge in [0, 0.05) is 19.1 Å². The van der Waals surface area contributed by atoms with Crippen molar-refractivity contribution in [2.24, 2.45) is 0 Å². The van der Waals surface area contributed by atoms with E-state index in [2.05, 4.69) is 9.47 Å². The van der Waals surface area contributed by atoms with Crippen LogP contribution in [-0.4, -0.2) is 30.3 Å². The van der Waals surface area contributed by atoms with Crippen LogP contribution in [0.2, 0.25) is 0 Å². The van der Waals surface area contributed by atoms with Crippen molar-refractivity contribution in [3.63, 3.8) is 0 Å². The predicted octanol–water partition coefficient (Wildman–Crippen LogP) is 0.946. The molecular weight excluding hydrogens is 228 g/mol. The monoisotopic (exact) mass is 244 g/mol. The van der Waals surface area contributed by atoms with E-state index in [4.69, 9.17) is 4.74 Å². The summed E-state index contributed by atoms with van der Waals surface area (Å²) >= 11 is 0. The summed E-state index contributed by atoms with van der Waals surface area (Å²) in [6, 6.07) is 0. The maximum atomic E-state index is 11.2. The van der Waals surface area contributed by atoms with Gasteiger partial charge in [-0.05, 0) is 20.8 Å². The second-order valence-corrected chi connectivity index (χ2v) is 4.10. The molecule has 0 heterocycles. The van der Waals surface area contributed by atoms with Crippen LogP contribution in [0.25, 0.3) is 0 Å². The Morgan fingerprint density at radius 1 is 1.12 bits per heavy atom. The summed E-state index contributed by atoms with van der Waals surface area (Å²) in [6.45, 7) is 6.65. The standard InChI is InChI=1S/C11H16O6/c1-8(15-7-12)16-9(13)5-6-10(14)17-11(2,3)4/h5-8H,1-4H3. The molecule has 0 amide bonds. The second-order valence-electron chi connectivity index (χ2n) is 4.10. The predicted molar refractivity (Wildman–Crippen MR) is 57.7 cm³/mol. The summed E-state index contributed by atoms with van der Waals surface area (Å²) in [7, 11) is 0. The van der Waals surface area contributed by atoms with Gasteiger partial charge in [0.1, 0.15) is 5.60 Å². The first-order chi connectivity index (χ1) is 7.74. The van der Waals surface area contributed by atoms with Crippen LogP contribution >= 0.6 is 0 Å². The number of esters is 2. The molecular formula is C11H16O6.